The lowest BCUT2D eigenvalue weighted by Gasteiger charge is -2.10. The summed E-state index contributed by atoms with van der Waals surface area (Å²) in [4.78, 5) is 24.2. The molecule has 3 N–H and O–H groups in total. The largest absolute Gasteiger partial charge is 0.383 e. The topological polar surface area (TPSA) is 102 Å². The van der Waals surface area contributed by atoms with Gasteiger partial charge in [0.2, 0.25) is 0 Å². The number of rotatable bonds is 5. The average molecular weight is 378 g/mol. The summed E-state index contributed by atoms with van der Waals surface area (Å²) in [6.07, 6.45) is 1.76. The molecule has 3 heterocycles. The number of amidine groups is 1. The number of nitrogens with two attached hydrogens (primary N) is 1. The maximum Gasteiger partial charge on any atom is 0.253 e. The van der Waals surface area contributed by atoms with Gasteiger partial charge in [-0.25, -0.2) is 9.67 Å². The number of H-pyrrole nitrogens is 1. The Morgan fingerprint density at radius 3 is 2.68 bits per heavy atom. The molecular formula is C21H26N6O. The first-order valence-corrected chi connectivity index (χ1v) is 9.23. The Balaban J connectivity index is 2.11. The minimum atomic E-state index is -0.135. The molecular weight excluding hydrogens is 352 g/mol. The first kappa shape index (κ1) is 19.5. The van der Waals surface area contributed by atoms with E-state index in [2.05, 4.69) is 21.7 Å². The van der Waals surface area contributed by atoms with Crippen LogP contribution in [0.3, 0.4) is 0 Å². The molecule has 0 saturated carbocycles. The van der Waals surface area contributed by atoms with E-state index in [-0.39, 0.29) is 18.1 Å². The number of nitrogens with one attached hydrogen (secondary N) is 1. The van der Waals surface area contributed by atoms with E-state index in [1.807, 2.05) is 51.4 Å². The normalized spacial score (nSPS) is 12.1. The average Bonchev–Trinajstić information content (AvgIpc) is 3.03. The molecule has 28 heavy (non-hydrogen) atoms. The maximum absolute atomic E-state index is 12.2. The van der Waals surface area contributed by atoms with E-state index in [0.717, 1.165) is 39.1 Å². The summed E-state index contributed by atoms with van der Waals surface area (Å²) < 4.78 is 1.85. The van der Waals surface area contributed by atoms with Crippen molar-refractivity contribution in [1.29, 1.82) is 0 Å². The van der Waals surface area contributed by atoms with Gasteiger partial charge in [-0.05, 0) is 57.9 Å². The van der Waals surface area contributed by atoms with Crippen molar-refractivity contribution in [2.24, 2.45) is 10.7 Å². The molecule has 0 fully saturated rings. The lowest BCUT2D eigenvalue weighted by atomic mass is 10.1. The van der Waals surface area contributed by atoms with Gasteiger partial charge in [-0.15, -0.1) is 0 Å². The number of pyridine rings is 2. The van der Waals surface area contributed by atoms with Crippen LogP contribution in [0.15, 0.2) is 34.7 Å². The fourth-order valence-corrected chi connectivity index (χ4v) is 3.15. The number of aliphatic imine (C=N–C) groups is 1. The Labute approximate surface area is 164 Å². The van der Waals surface area contributed by atoms with Crippen LogP contribution < -0.4 is 11.3 Å². The molecule has 7 nitrogen and oxygen atoms in total. The number of allylic oxidation sites excluding steroid dienone is 1. The number of nitrogens with zero attached hydrogens (tertiary/aromatic N) is 4. The molecule has 146 valence electrons. The molecule has 0 bridgehead atoms. The Morgan fingerprint density at radius 1 is 1.36 bits per heavy atom. The molecule has 0 saturated heterocycles. The van der Waals surface area contributed by atoms with Gasteiger partial charge in [0.05, 0.1) is 18.4 Å². The van der Waals surface area contributed by atoms with Gasteiger partial charge in [-0.2, -0.15) is 5.10 Å². The molecule has 3 rings (SSSR count). The summed E-state index contributed by atoms with van der Waals surface area (Å²) in [6.45, 7) is 14.0. The van der Waals surface area contributed by atoms with Gasteiger partial charge < -0.3 is 10.7 Å². The molecule has 0 unspecified atom stereocenters. The third-order valence-corrected chi connectivity index (χ3v) is 4.67. The number of hydrogen-bond acceptors (Lipinski definition) is 4. The van der Waals surface area contributed by atoms with Crippen LogP contribution in [0.2, 0.25) is 0 Å². The lowest BCUT2D eigenvalue weighted by Crippen LogP contribution is -2.18. The van der Waals surface area contributed by atoms with E-state index < -0.39 is 0 Å². The minimum Gasteiger partial charge on any atom is -0.383 e. The van der Waals surface area contributed by atoms with E-state index in [1.54, 1.807) is 6.20 Å². The highest BCUT2D eigenvalue weighted by molar-refractivity contribution is 6.08. The predicted molar refractivity (Wildman–Crippen MR) is 114 cm³/mol. The van der Waals surface area contributed by atoms with Crippen molar-refractivity contribution in [3.63, 3.8) is 0 Å². The standard InChI is InChI=1S/C21H26N6O/c1-11(2)18-8-15(17-10-24-27(12(3)4)20(17)26-18)19(22)23-9-16-13(5)7-14(6)25-21(16)28/h7-8,10,12H,1,9H2,2-6H3,(H2,22,23)(H,25,28). The third-order valence-electron chi connectivity index (χ3n) is 4.67. The first-order valence-electron chi connectivity index (χ1n) is 9.23. The van der Waals surface area contributed by atoms with E-state index in [9.17, 15) is 4.79 Å². The minimum absolute atomic E-state index is 0.135. The van der Waals surface area contributed by atoms with Gasteiger partial charge in [-0.1, -0.05) is 6.58 Å². The number of aromatic nitrogens is 4. The van der Waals surface area contributed by atoms with Crippen molar-refractivity contribution >= 4 is 22.4 Å². The number of aromatic amines is 1. The quantitative estimate of drug-likeness (QED) is 0.525. The highest BCUT2D eigenvalue weighted by Gasteiger charge is 2.16. The fourth-order valence-electron chi connectivity index (χ4n) is 3.15. The zero-order chi connectivity index (χ0) is 20.6. The highest BCUT2D eigenvalue weighted by Crippen LogP contribution is 2.23. The SMILES string of the molecule is C=C(C)c1cc(C(N)=NCc2c(C)cc(C)[nH]c2=O)c2cnn(C(C)C)c2n1. The van der Waals surface area contributed by atoms with Gasteiger partial charge in [0.15, 0.2) is 5.65 Å². The molecule has 0 atom stereocenters. The maximum atomic E-state index is 12.2. The van der Waals surface area contributed by atoms with Crippen LogP contribution in [0.1, 0.15) is 54.9 Å². The molecule has 0 amide bonds. The number of aryl methyl sites for hydroxylation is 2. The molecule has 0 aromatic carbocycles. The van der Waals surface area contributed by atoms with Gasteiger partial charge in [0.1, 0.15) is 5.84 Å². The van der Waals surface area contributed by atoms with Crippen LogP contribution in [-0.4, -0.2) is 25.6 Å². The van der Waals surface area contributed by atoms with E-state index in [4.69, 9.17) is 10.7 Å². The molecule has 0 aliphatic carbocycles. The third kappa shape index (κ3) is 3.60. The van der Waals surface area contributed by atoms with Crippen LogP contribution in [0.4, 0.5) is 0 Å². The summed E-state index contributed by atoms with van der Waals surface area (Å²) in [5.74, 6) is 0.345. The van der Waals surface area contributed by atoms with Gasteiger partial charge in [0.25, 0.3) is 5.56 Å². The summed E-state index contributed by atoms with van der Waals surface area (Å²) in [5.41, 5.74) is 11.6. The summed E-state index contributed by atoms with van der Waals surface area (Å²) >= 11 is 0. The van der Waals surface area contributed by atoms with E-state index in [1.165, 1.54) is 0 Å². The second-order valence-electron chi connectivity index (χ2n) is 7.40. The summed E-state index contributed by atoms with van der Waals surface area (Å²) in [7, 11) is 0. The van der Waals surface area contributed by atoms with Gasteiger partial charge in [0, 0.05) is 28.2 Å². The molecule has 3 aromatic rings. The molecule has 0 spiro atoms. The van der Waals surface area contributed by atoms with Crippen molar-refractivity contribution < 1.29 is 0 Å². The van der Waals surface area contributed by atoms with E-state index in [0.29, 0.717) is 11.4 Å². The number of hydrogen-bond donors (Lipinski definition) is 2. The second-order valence-corrected chi connectivity index (χ2v) is 7.40. The summed E-state index contributed by atoms with van der Waals surface area (Å²) in [5, 5.41) is 5.28. The van der Waals surface area contributed by atoms with Crippen LogP contribution in [-0.2, 0) is 6.54 Å². The zero-order valence-electron chi connectivity index (χ0n) is 17.0. The smallest absolute Gasteiger partial charge is 0.253 e. The van der Waals surface area contributed by atoms with Crippen molar-refractivity contribution in [3.05, 3.63) is 63.3 Å². The molecule has 0 aliphatic heterocycles. The Kier molecular flexibility index (Phi) is 5.18. The molecule has 3 aromatic heterocycles. The Morgan fingerprint density at radius 2 is 2.07 bits per heavy atom. The van der Waals surface area contributed by atoms with E-state index >= 15 is 0 Å². The van der Waals surface area contributed by atoms with Crippen molar-refractivity contribution in [3.8, 4) is 0 Å². The van der Waals surface area contributed by atoms with Crippen molar-refractivity contribution in [2.45, 2.75) is 47.2 Å². The monoisotopic (exact) mass is 378 g/mol. The van der Waals surface area contributed by atoms with Crippen LogP contribution >= 0.6 is 0 Å². The number of fused-ring (bicyclic) bond motifs is 1. The second kappa shape index (κ2) is 7.42. The predicted octanol–water partition coefficient (Wildman–Crippen LogP) is 3.26. The van der Waals surface area contributed by atoms with Crippen molar-refractivity contribution in [1.82, 2.24) is 19.7 Å². The van der Waals surface area contributed by atoms with Crippen LogP contribution in [0, 0.1) is 13.8 Å². The first-order chi connectivity index (χ1) is 13.2. The molecule has 7 heteroatoms. The molecule has 0 aliphatic rings. The molecule has 0 radical (unpaired) electrons. The zero-order valence-corrected chi connectivity index (χ0v) is 17.0. The van der Waals surface area contributed by atoms with Crippen LogP contribution in [0.5, 0.6) is 0 Å². The highest BCUT2D eigenvalue weighted by atomic mass is 16.1. The lowest BCUT2D eigenvalue weighted by molar-refractivity contribution is 0.546. The van der Waals surface area contributed by atoms with Gasteiger partial charge in [-0.3, -0.25) is 9.79 Å². The van der Waals surface area contributed by atoms with Crippen LogP contribution in [0.25, 0.3) is 16.6 Å². The van der Waals surface area contributed by atoms with Gasteiger partial charge >= 0.3 is 0 Å². The van der Waals surface area contributed by atoms with Crippen molar-refractivity contribution in [2.75, 3.05) is 0 Å². The fraction of sp³-hybridized carbons (Fsp3) is 0.333. The Bertz CT molecular complexity index is 1150. The Hall–Kier alpha value is -3.22. The summed E-state index contributed by atoms with van der Waals surface area (Å²) in [6, 6.07) is 3.96.